The van der Waals surface area contributed by atoms with Crippen molar-refractivity contribution in [3.8, 4) is 0 Å². The highest BCUT2D eigenvalue weighted by Gasteiger charge is 2.38. The fraction of sp³-hybridized carbons (Fsp3) is 0.857. The summed E-state index contributed by atoms with van der Waals surface area (Å²) in [4.78, 5) is 23.0. The molecule has 0 bridgehead atoms. The van der Waals surface area contributed by atoms with Crippen LogP contribution in [0.15, 0.2) is 0 Å². The molecular weight excluding hydrogens is 260 g/mol. The number of carboxylic acid groups (broad SMARTS) is 1. The zero-order valence-corrected chi connectivity index (χ0v) is 12.1. The first-order valence-corrected chi connectivity index (χ1v) is 7.33. The number of hydrogen-bond donors (Lipinski definition) is 3. The van der Waals surface area contributed by atoms with Crippen molar-refractivity contribution in [1.29, 1.82) is 0 Å². The molecular formula is C14H24N2O4. The number of urea groups is 1. The van der Waals surface area contributed by atoms with Gasteiger partial charge in [0.2, 0.25) is 0 Å². The normalized spacial score (nSPS) is 36.8. The van der Waals surface area contributed by atoms with E-state index in [2.05, 4.69) is 10.6 Å². The Balaban J connectivity index is 1.79. The lowest BCUT2D eigenvalue weighted by Gasteiger charge is -2.29. The van der Waals surface area contributed by atoms with Gasteiger partial charge in [0.05, 0.1) is 17.6 Å². The van der Waals surface area contributed by atoms with Crippen molar-refractivity contribution in [2.45, 2.75) is 51.2 Å². The van der Waals surface area contributed by atoms with Crippen molar-refractivity contribution in [2.24, 2.45) is 11.8 Å². The van der Waals surface area contributed by atoms with Gasteiger partial charge in [-0.2, -0.15) is 0 Å². The zero-order valence-electron chi connectivity index (χ0n) is 12.1. The highest BCUT2D eigenvalue weighted by molar-refractivity contribution is 5.75. The van der Waals surface area contributed by atoms with E-state index in [1.807, 2.05) is 13.8 Å². The SMILES string of the molecule is CC1OCCC1(C)NC(=O)NCC1CCCC1C(=O)O. The fourth-order valence-corrected chi connectivity index (χ4v) is 3.13. The molecule has 2 aliphatic rings. The Hall–Kier alpha value is -1.30. The maximum Gasteiger partial charge on any atom is 0.315 e. The van der Waals surface area contributed by atoms with Crippen LogP contribution in [0.1, 0.15) is 39.5 Å². The van der Waals surface area contributed by atoms with E-state index in [0.717, 1.165) is 19.3 Å². The molecule has 2 amide bonds. The molecule has 0 aromatic heterocycles. The number of aliphatic carboxylic acids is 1. The summed E-state index contributed by atoms with van der Waals surface area (Å²) in [7, 11) is 0. The summed E-state index contributed by atoms with van der Waals surface area (Å²) in [6.07, 6.45) is 3.29. The number of rotatable bonds is 4. The molecule has 1 saturated carbocycles. The molecule has 4 atom stereocenters. The number of hydrogen-bond acceptors (Lipinski definition) is 3. The molecule has 1 heterocycles. The Morgan fingerprint density at radius 3 is 2.75 bits per heavy atom. The Morgan fingerprint density at radius 1 is 1.40 bits per heavy atom. The van der Waals surface area contributed by atoms with Crippen LogP contribution in [0.5, 0.6) is 0 Å². The van der Waals surface area contributed by atoms with Gasteiger partial charge in [0.25, 0.3) is 0 Å². The van der Waals surface area contributed by atoms with E-state index in [9.17, 15) is 9.59 Å². The summed E-state index contributed by atoms with van der Waals surface area (Å²) in [5, 5.41) is 14.9. The third kappa shape index (κ3) is 3.23. The van der Waals surface area contributed by atoms with Crippen molar-refractivity contribution in [2.75, 3.05) is 13.2 Å². The molecule has 6 nitrogen and oxygen atoms in total. The number of carbonyl (C=O) groups excluding carboxylic acids is 1. The number of ether oxygens (including phenoxy) is 1. The lowest BCUT2D eigenvalue weighted by atomic mass is 9.95. The lowest BCUT2D eigenvalue weighted by Crippen LogP contribution is -2.54. The zero-order chi connectivity index (χ0) is 14.8. The van der Waals surface area contributed by atoms with Crippen LogP contribution in [0, 0.1) is 11.8 Å². The van der Waals surface area contributed by atoms with Crippen molar-refractivity contribution < 1.29 is 19.4 Å². The van der Waals surface area contributed by atoms with E-state index in [0.29, 0.717) is 19.6 Å². The average molecular weight is 284 g/mol. The minimum absolute atomic E-state index is 0.00787. The van der Waals surface area contributed by atoms with E-state index in [1.54, 1.807) is 0 Å². The fourth-order valence-electron chi connectivity index (χ4n) is 3.13. The molecule has 3 N–H and O–H groups in total. The molecule has 2 fully saturated rings. The summed E-state index contributed by atoms with van der Waals surface area (Å²) in [6, 6.07) is -0.235. The van der Waals surface area contributed by atoms with Crippen LogP contribution in [0.2, 0.25) is 0 Å². The summed E-state index contributed by atoms with van der Waals surface area (Å²) in [5.74, 6) is -1.03. The van der Waals surface area contributed by atoms with Gasteiger partial charge in [-0.05, 0) is 39.0 Å². The Kier molecular flexibility index (Phi) is 4.52. The van der Waals surface area contributed by atoms with Gasteiger partial charge in [-0.3, -0.25) is 4.79 Å². The van der Waals surface area contributed by atoms with Crippen LogP contribution >= 0.6 is 0 Å². The maximum atomic E-state index is 12.0. The quantitative estimate of drug-likeness (QED) is 0.727. The predicted octanol–water partition coefficient (Wildman–Crippen LogP) is 1.35. The first-order valence-electron chi connectivity index (χ1n) is 7.33. The van der Waals surface area contributed by atoms with Crippen molar-refractivity contribution in [1.82, 2.24) is 10.6 Å². The minimum atomic E-state index is -0.750. The molecule has 0 aromatic rings. The number of amides is 2. The van der Waals surface area contributed by atoms with Crippen LogP contribution in [0.25, 0.3) is 0 Å². The van der Waals surface area contributed by atoms with Crippen LogP contribution in [-0.2, 0) is 9.53 Å². The van der Waals surface area contributed by atoms with E-state index >= 15 is 0 Å². The molecule has 0 radical (unpaired) electrons. The van der Waals surface area contributed by atoms with Crippen LogP contribution in [0.4, 0.5) is 4.79 Å². The molecule has 1 aliphatic heterocycles. The second-order valence-corrected chi connectivity index (χ2v) is 6.15. The van der Waals surface area contributed by atoms with Gasteiger partial charge in [0, 0.05) is 13.2 Å². The number of carboxylic acids is 1. The van der Waals surface area contributed by atoms with Crippen molar-refractivity contribution in [3.05, 3.63) is 0 Å². The Bertz CT molecular complexity index is 387. The van der Waals surface area contributed by atoms with Crippen molar-refractivity contribution >= 4 is 12.0 Å². The summed E-state index contributed by atoms with van der Waals surface area (Å²) in [6.45, 7) is 5.00. The monoisotopic (exact) mass is 284 g/mol. The van der Waals surface area contributed by atoms with Crippen molar-refractivity contribution in [3.63, 3.8) is 0 Å². The Morgan fingerprint density at radius 2 is 2.15 bits per heavy atom. The average Bonchev–Trinajstić information content (AvgIpc) is 2.95. The Labute approximate surface area is 119 Å². The highest BCUT2D eigenvalue weighted by Crippen LogP contribution is 2.31. The van der Waals surface area contributed by atoms with Gasteiger partial charge in [-0.1, -0.05) is 6.42 Å². The smallest absolute Gasteiger partial charge is 0.315 e. The van der Waals surface area contributed by atoms with Crippen LogP contribution < -0.4 is 10.6 Å². The second kappa shape index (κ2) is 5.99. The van der Waals surface area contributed by atoms with Gasteiger partial charge in [0.1, 0.15) is 0 Å². The van der Waals surface area contributed by atoms with Crippen LogP contribution in [-0.4, -0.2) is 41.9 Å². The third-order valence-corrected chi connectivity index (χ3v) is 4.79. The molecule has 1 aliphatic carbocycles. The van der Waals surface area contributed by atoms with E-state index in [-0.39, 0.29) is 29.5 Å². The van der Waals surface area contributed by atoms with Crippen LogP contribution in [0.3, 0.4) is 0 Å². The molecule has 114 valence electrons. The number of carbonyl (C=O) groups is 2. The van der Waals surface area contributed by atoms with Gasteiger partial charge in [0.15, 0.2) is 0 Å². The molecule has 1 saturated heterocycles. The predicted molar refractivity (Wildman–Crippen MR) is 73.4 cm³/mol. The van der Waals surface area contributed by atoms with E-state index in [4.69, 9.17) is 9.84 Å². The summed E-state index contributed by atoms with van der Waals surface area (Å²) >= 11 is 0. The van der Waals surface area contributed by atoms with Gasteiger partial charge < -0.3 is 20.5 Å². The highest BCUT2D eigenvalue weighted by atomic mass is 16.5. The lowest BCUT2D eigenvalue weighted by molar-refractivity contribution is -0.142. The summed E-state index contributed by atoms with van der Waals surface area (Å²) < 4.78 is 5.48. The summed E-state index contributed by atoms with van der Waals surface area (Å²) in [5.41, 5.74) is -0.341. The van der Waals surface area contributed by atoms with Gasteiger partial charge >= 0.3 is 12.0 Å². The standard InChI is InChI=1S/C14H24N2O4/c1-9-14(2,6-7-20-9)16-13(19)15-8-10-4-3-5-11(10)12(17)18/h9-11H,3-8H2,1-2H3,(H,17,18)(H2,15,16,19). The maximum absolute atomic E-state index is 12.0. The second-order valence-electron chi connectivity index (χ2n) is 6.15. The molecule has 4 unspecified atom stereocenters. The first kappa shape index (κ1) is 15.1. The van der Waals surface area contributed by atoms with Gasteiger partial charge in [-0.15, -0.1) is 0 Å². The molecule has 20 heavy (non-hydrogen) atoms. The van der Waals surface area contributed by atoms with E-state index in [1.165, 1.54) is 0 Å². The van der Waals surface area contributed by atoms with Gasteiger partial charge in [-0.25, -0.2) is 4.79 Å². The first-order chi connectivity index (χ1) is 9.42. The third-order valence-electron chi connectivity index (χ3n) is 4.79. The molecule has 0 spiro atoms. The topological polar surface area (TPSA) is 87.7 Å². The number of nitrogens with one attached hydrogen (secondary N) is 2. The molecule has 2 rings (SSSR count). The van der Waals surface area contributed by atoms with E-state index < -0.39 is 5.97 Å². The molecule has 0 aromatic carbocycles. The molecule has 6 heteroatoms. The largest absolute Gasteiger partial charge is 0.481 e. The minimum Gasteiger partial charge on any atom is -0.481 e.